The lowest BCUT2D eigenvalue weighted by Crippen LogP contribution is -2.10. The van der Waals surface area contributed by atoms with Crippen molar-refractivity contribution in [1.29, 1.82) is 10.8 Å². The van der Waals surface area contributed by atoms with Crippen LogP contribution >= 0.6 is 11.8 Å². The van der Waals surface area contributed by atoms with Crippen molar-refractivity contribution in [3.63, 3.8) is 0 Å². The van der Waals surface area contributed by atoms with Crippen LogP contribution in [0.2, 0.25) is 0 Å². The molecule has 1 atom stereocenters. The zero-order chi connectivity index (χ0) is 8.69. The summed E-state index contributed by atoms with van der Waals surface area (Å²) in [4.78, 5) is 0. The summed E-state index contributed by atoms with van der Waals surface area (Å²) in [6, 6.07) is 0. The third-order valence-electron chi connectivity index (χ3n) is 0.907. The standard InChI is InChI=1S/C5H11N3OS2/c6-2-1-3-11(9)5(8)10-4-7/h4,7-8H,1-3,6H2. The van der Waals surface area contributed by atoms with Crippen LogP contribution in [-0.4, -0.2) is 26.4 Å². The molecule has 0 aliphatic rings. The predicted octanol–water partition coefficient (Wildman–Crippen LogP) is 0.359. The fourth-order valence-corrected chi connectivity index (χ4v) is 1.96. The van der Waals surface area contributed by atoms with Gasteiger partial charge in [-0.3, -0.25) is 9.62 Å². The second kappa shape index (κ2) is 6.51. The molecule has 4 N–H and O–H groups in total. The summed E-state index contributed by atoms with van der Waals surface area (Å²) in [6.45, 7) is 0.494. The average molecular weight is 193 g/mol. The van der Waals surface area contributed by atoms with Gasteiger partial charge in [-0.2, -0.15) is 0 Å². The van der Waals surface area contributed by atoms with E-state index in [1.54, 1.807) is 0 Å². The molecule has 0 aliphatic carbocycles. The number of thioether (sulfide) groups is 1. The molecule has 0 aliphatic heterocycles. The Morgan fingerprint density at radius 1 is 1.73 bits per heavy atom. The van der Waals surface area contributed by atoms with Gasteiger partial charge in [0.1, 0.15) is 0 Å². The van der Waals surface area contributed by atoms with E-state index in [1.807, 2.05) is 0 Å². The highest BCUT2D eigenvalue weighted by Crippen LogP contribution is 2.02. The second-order valence-electron chi connectivity index (χ2n) is 1.72. The van der Waals surface area contributed by atoms with E-state index in [0.29, 0.717) is 18.7 Å². The summed E-state index contributed by atoms with van der Waals surface area (Å²) >= 11 is 0.874. The molecule has 0 saturated heterocycles. The third kappa shape index (κ3) is 5.11. The highest BCUT2D eigenvalue weighted by molar-refractivity contribution is 8.39. The first-order valence-electron chi connectivity index (χ1n) is 3.05. The van der Waals surface area contributed by atoms with E-state index < -0.39 is 10.8 Å². The normalized spacial score (nSPS) is 12.5. The van der Waals surface area contributed by atoms with Crippen LogP contribution in [-0.2, 0) is 10.8 Å². The predicted molar refractivity (Wildman–Crippen MR) is 50.8 cm³/mol. The maximum Gasteiger partial charge on any atom is 0.158 e. The Hall–Kier alpha value is -0.200. The van der Waals surface area contributed by atoms with Gasteiger partial charge in [0, 0.05) is 5.75 Å². The number of hydrogen-bond acceptors (Lipinski definition) is 5. The molecule has 0 aromatic heterocycles. The molecule has 0 bridgehead atoms. The van der Waals surface area contributed by atoms with E-state index >= 15 is 0 Å². The van der Waals surface area contributed by atoms with Crippen molar-refractivity contribution in [2.24, 2.45) is 5.73 Å². The number of nitrogens with two attached hydrogens (primary N) is 1. The van der Waals surface area contributed by atoms with Gasteiger partial charge in [-0.1, -0.05) is 0 Å². The lowest BCUT2D eigenvalue weighted by Gasteiger charge is -1.97. The lowest BCUT2D eigenvalue weighted by molar-refractivity contribution is 0.687. The molecule has 4 nitrogen and oxygen atoms in total. The van der Waals surface area contributed by atoms with Crippen LogP contribution in [0.3, 0.4) is 0 Å². The summed E-state index contributed by atoms with van der Waals surface area (Å²) in [7, 11) is -1.25. The van der Waals surface area contributed by atoms with Crippen molar-refractivity contribution >= 4 is 32.5 Å². The van der Waals surface area contributed by atoms with Crippen molar-refractivity contribution in [2.75, 3.05) is 12.3 Å². The summed E-state index contributed by atoms with van der Waals surface area (Å²) < 4.78 is 11.0. The molecule has 11 heavy (non-hydrogen) atoms. The van der Waals surface area contributed by atoms with Crippen molar-refractivity contribution in [1.82, 2.24) is 0 Å². The summed E-state index contributed by atoms with van der Waals surface area (Å²) in [5.41, 5.74) is 6.20. The zero-order valence-electron chi connectivity index (χ0n) is 6.00. The van der Waals surface area contributed by atoms with Gasteiger partial charge < -0.3 is 11.1 Å². The van der Waals surface area contributed by atoms with Crippen LogP contribution in [0.25, 0.3) is 0 Å². The molecule has 0 spiro atoms. The van der Waals surface area contributed by atoms with E-state index in [2.05, 4.69) is 0 Å². The van der Waals surface area contributed by atoms with Gasteiger partial charge in [0.15, 0.2) is 4.38 Å². The average Bonchev–Trinajstić information content (AvgIpc) is 2.00. The Morgan fingerprint density at radius 2 is 2.36 bits per heavy atom. The molecule has 0 rings (SSSR count). The van der Waals surface area contributed by atoms with E-state index in [4.69, 9.17) is 16.6 Å². The molecule has 0 aromatic rings. The topological polar surface area (TPSA) is 90.8 Å². The smallest absolute Gasteiger partial charge is 0.158 e. The van der Waals surface area contributed by atoms with Crippen LogP contribution < -0.4 is 5.73 Å². The zero-order valence-corrected chi connectivity index (χ0v) is 7.63. The van der Waals surface area contributed by atoms with Gasteiger partial charge in [-0.05, 0) is 24.7 Å². The summed E-state index contributed by atoms with van der Waals surface area (Å²) in [5.74, 6) is 0.427. The van der Waals surface area contributed by atoms with Gasteiger partial charge in [0.25, 0.3) is 0 Å². The van der Waals surface area contributed by atoms with Crippen molar-refractivity contribution in [3.8, 4) is 0 Å². The van der Waals surface area contributed by atoms with Gasteiger partial charge in [-0.15, -0.1) is 0 Å². The monoisotopic (exact) mass is 193 g/mol. The van der Waals surface area contributed by atoms with Crippen molar-refractivity contribution < 1.29 is 4.21 Å². The first-order valence-corrected chi connectivity index (χ1v) is 5.24. The fraction of sp³-hybridized carbons (Fsp3) is 0.600. The van der Waals surface area contributed by atoms with Crippen molar-refractivity contribution in [3.05, 3.63) is 0 Å². The highest BCUT2D eigenvalue weighted by atomic mass is 32.2. The fourth-order valence-electron chi connectivity index (χ4n) is 0.414. The minimum absolute atomic E-state index is 0.0356. The SMILES string of the molecule is N=CSC(=N)S(=O)CCCN. The molecule has 1 unspecified atom stereocenters. The Morgan fingerprint density at radius 3 is 2.82 bits per heavy atom. The van der Waals surface area contributed by atoms with E-state index in [0.717, 1.165) is 17.3 Å². The molecular formula is C5H11N3OS2. The van der Waals surface area contributed by atoms with Crippen LogP contribution in [0.5, 0.6) is 0 Å². The minimum atomic E-state index is -1.25. The first kappa shape index (κ1) is 10.8. The van der Waals surface area contributed by atoms with Crippen LogP contribution in [0.15, 0.2) is 0 Å². The lowest BCUT2D eigenvalue weighted by atomic mass is 10.5. The Kier molecular flexibility index (Phi) is 6.39. The molecule has 0 aromatic carbocycles. The quantitative estimate of drug-likeness (QED) is 0.444. The third-order valence-corrected chi connectivity index (χ3v) is 3.16. The Bertz CT molecular complexity index is 171. The Balaban J connectivity index is 3.64. The molecule has 0 fully saturated rings. The van der Waals surface area contributed by atoms with Crippen LogP contribution in [0.4, 0.5) is 0 Å². The molecule has 64 valence electrons. The van der Waals surface area contributed by atoms with Crippen LogP contribution in [0, 0.1) is 10.8 Å². The van der Waals surface area contributed by atoms with Gasteiger partial charge >= 0.3 is 0 Å². The second-order valence-corrected chi connectivity index (χ2v) is 4.36. The maximum atomic E-state index is 11.0. The van der Waals surface area contributed by atoms with Crippen LogP contribution in [0.1, 0.15) is 6.42 Å². The molecule has 0 amide bonds. The van der Waals surface area contributed by atoms with Gasteiger partial charge in [-0.25, -0.2) is 0 Å². The molecular weight excluding hydrogens is 182 g/mol. The van der Waals surface area contributed by atoms with Gasteiger partial charge in [0.05, 0.1) is 16.3 Å². The van der Waals surface area contributed by atoms with E-state index in [9.17, 15) is 4.21 Å². The summed E-state index contributed by atoms with van der Waals surface area (Å²) in [6.07, 6.45) is 0.660. The number of hydrogen-bond donors (Lipinski definition) is 3. The Labute approximate surface area is 72.4 Å². The number of nitrogens with one attached hydrogen (secondary N) is 2. The van der Waals surface area contributed by atoms with Gasteiger partial charge in [0.2, 0.25) is 0 Å². The highest BCUT2D eigenvalue weighted by Gasteiger charge is 2.05. The maximum absolute atomic E-state index is 11.0. The largest absolute Gasteiger partial charge is 0.330 e. The summed E-state index contributed by atoms with van der Waals surface area (Å²) in [5, 5.41) is 13.8. The number of rotatable bonds is 4. The van der Waals surface area contributed by atoms with E-state index in [1.165, 1.54) is 0 Å². The molecule has 0 radical (unpaired) electrons. The van der Waals surface area contributed by atoms with Crippen molar-refractivity contribution in [2.45, 2.75) is 6.42 Å². The minimum Gasteiger partial charge on any atom is -0.330 e. The molecule has 0 heterocycles. The van der Waals surface area contributed by atoms with E-state index in [-0.39, 0.29) is 4.38 Å². The first-order chi connectivity index (χ1) is 5.22. The molecule has 6 heteroatoms. The molecule has 0 saturated carbocycles.